The molecule has 2 heteroatoms. The van der Waals surface area contributed by atoms with E-state index < -0.39 is 0 Å². The summed E-state index contributed by atoms with van der Waals surface area (Å²) in [6, 6.07) is 19.3. The van der Waals surface area contributed by atoms with Gasteiger partial charge in [-0.15, -0.1) is 0 Å². The molecule has 106 valence electrons. The summed E-state index contributed by atoms with van der Waals surface area (Å²) in [5, 5.41) is 0. The van der Waals surface area contributed by atoms with Crippen LogP contribution in [0.15, 0.2) is 54.6 Å². The molecule has 0 aliphatic carbocycles. The molecule has 2 unspecified atom stereocenters. The number of nitrogens with two attached hydrogens (primary N) is 1. The van der Waals surface area contributed by atoms with Gasteiger partial charge in [0.2, 0.25) is 0 Å². The summed E-state index contributed by atoms with van der Waals surface area (Å²) in [4.78, 5) is 2.11. The van der Waals surface area contributed by atoms with Gasteiger partial charge in [-0.2, -0.15) is 0 Å². The van der Waals surface area contributed by atoms with Gasteiger partial charge < -0.3 is 10.6 Å². The molecule has 2 aromatic carbocycles. The van der Waals surface area contributed by atoms with Gasteiger partial charge in [-0.25, -0.2) is 0 Å². The number of rotatable bonds is 5. The molecule has 0 aliphatic heterocycles. The first-order chi connectivity index (χ1) is 9.63. The summed E-state index contributed by atoms with van der Waals surface area (Å²) in [7, 11) is 4.12. The maximum Gasteiger partial charge on any atom is 0.0361 e. The molecule has 0 heterocycles. The van der Waals surface area contributed by atoms with Gasteiger partial charge in [-0.1, -0.05) is 49.4 Å². The average molecular weight is 268 g/mol. The van der Waals surface area contributed by atoms with Crippen molar-refractivity contribution in [3.05, 3.63) is 65.7 Å². The molecule has 0 saturated heterocycles. The molecule has 0 saturated carbocycles. The van der Waals surface area contributed by atoms with Crippen molar-refractivity contribution in [2.24, 2.45) is 5.73 Å². The summed E-state index contributed by atoms with van der Waals surface area (Å²) in [6.07, 6.45) is 0. The fourth-order valence-corrected chi connectivity index (χ4v) is 2.64. The lowest BCUT2D eigenvalue weighted by Crippen LogP contribution is -2.18. The molecule has 2 rings (SSSR count). The lowest BCUT2D eigenvalue weighted by molar-refractivity contribution is 0.584. The normalized spacial score (nSPS) is 13.8. The third-order valence-corrected chi connectivity index (χ3v) is 4.02. The molecule has 0 spiro atoms. The van der Waals surface area contributed by atoms with Crippen LogP contribution < -0.4 is 10.6 Å². The first-order valence-electron chi connectivity index (χ1n) is 7.15. The van der Waals surface area contributed by atoms with Gasteiger partial charge in [-0.3, -0.25) is 0 Å². The molecular weight excluding hydrogens is 244 g/mol. The molecule has 0 amide bonds. The summed E-state index contributed by atoms with van der Waals surface area (Å²) >= 11 is 0. The Bertz CT molecular complexity index is 517. The van der Waals surface area contributed by atoms with Crippen LogP contribution in [0.4, 0.5) is 5.69 Å². The van der Waals surface area contributed by atoms with Crippen LogP contribution in [0.3, 0.4) is 0 Å². The van der Waals surface area contributed by atoms with Crippen molar-refractivity contribution in [3.63, 3.8) is 0 Å². The minimum atomic E-state index is 0.355. The predicted molar refractivity (Wildman–Crippen MR) is 87.4 cm³/mol. The van der Waals surface area contributed by atoms with E-state index in [1.54, 1.807) is 0 Å². The average Bonchev–Trinajstić information content (AvgIpc) is 2.49. The highest BCUT2D eigenvalue weighted by Gasteiger charge is 2.19. The van der Waals surface area contributed by atoms with Crippen molar-refractivity contribution in [3.8, 4) is 0 Å². The predicted octanol–water partition coefficient (Wildman–Crippen LogP) is 3.60. The van der Waals surface area contributed by atoms with Crippen LogP contribution in [0.2, 0.25) is 0 Å². The van der Waals surface area contributed by atoms with Crippen LogP contribution in [0.5, 0.6) is 0 Å². The van der Waals surface area contributed by atoms with E-state index in [0.29, 0.717) is 18.4 Å². The van der Waals surface area contributed by atoms with Crippen LogP contribution in [-0.4, -0.2) is 20.6 Å². The molecule has 2 atom stereocenters. The molecule has 20 heavy (non-hydrogen) atoms. The van der Waals surface area contributed by atoms with Gasteiger partial charge in [0.15, 0.2) is 0 Å². The van der Waals surface area contributed by atoms with E-state index >= 15 is 0 Å². The van der Waals surface area contributed by atoms with Crippen molar-refractivity contribution in [1.29, 1.82) is 0 Å². The zero-order chi connectivity index (χ0) is 14.5. The third-order valence-electron chi connectivity index (χ3n) is 4.02. The van der Waals surface area contributed by atoms with Crippen molar-refractivity contribution in [1.82, 2.24) is 0 Å². The smallest absolute Gasteiger partial charge is 0.0361 e. The van der Waals surface area contributed by atoms with E-state index in [-0.39, 0.29) is 0 Å². The summed E-state index contributed by atoms with van der Waals surface area (Å²) in [6.45, 7) is 2.92. The summed E-state index contributed by atoms with van der Waals surface area (Å²) in [5.74, 6) is 0.778. The zero-order valence-corrected chi connectivity index (χ0v) is 12.6. The van der Waals surface area contributed by atoms with Crippen LogP contribution in [-0.2, 0) is 0 Å². The Balaban J connectivity index is 2.23. The molecule has 0 radical (unpaired) electrons. The minimum Gasteiger partial charge on any atom is -0.378 e. The lowest BCUT2D eigenvalue weighted by atomic mass is 9.83. The highest BCUT2D eigenvalue weighted by molar-refractivity contribution is 5.47. The van der Waals surface area contributed by atoms with Crippen molar-refractivity contribution in [2.45, 2.75) is 18.8 Å². The van der Waals surface area contributed by atoms with Gasteiger partial charge in [0.1, 0.15) is 0 Å². The maximum atomic E-state index is 6.03. The molecule has 0 fully saturated rings. The largest absolute Gasteiger partial charge is 0.378 e. The van der Waals surface area contributed by atoms with E-state index in [0.717, 1.165) is 0 Å². The van der Waals surface area contributed by atoms with Gasteiger partial charge in [0.25, 0.3) is 0 Å². The Morgan fingerprint density at radius 3 is 2.00 bits per heavy atom. The second-order valence-corrected chi connectivity index (χ2v) is 5.53. The fraction of sp³-hybridized carbons (Fsp3) is 0.333. The maximum absolute atomic E-state index is 6.03. The monoisotopic (exact) mass is 268 g/mol. The van der Waals surface area contributed by atoms with Gasteiger partial charge in [0, 0.05) is 25.7 Å². The molecule has 0 aromatic heterocycles. The van der Waals surface area contributed by atoms with E-state index in [9.17, 15) is 0 Å². The number of hydrogen-bond acceptors (Lipinski definition) is 2. The number of anilines is 1. The Hall–Kier alpha value is -1.80. The number of nitrogens with zero attached hydrogens (tertiary/aromatic N) is 1. The van der Waals surface area contributed by atoms with Gasteiger partial charge in [0.05, 0.1) is 0 Å². The first-order valence-corrected chi connectivity index (χ1v) is 7.15. The second kappa shape index (κ2) is 6.58. The Morgan fingerprint density at radius 2 is 1.50 bits per heavy atom. The third kappa shape index (κ3) is 3.20. The van der Waals surface area contributed by atoms with Crippen LogP contribution >= 0.6 is 0 Å². The van der Waals surface area contributed by atoms with Crippen LogP contribution in [0, 0.1) is 0 Å². The summed E-state index contributed by atoms with van der Waals surface area (Å²) < 4.78 is 0. The molecule has 2 N–H and O–H groups in total. The topological polar surface area (TPSA) is 29.3 Å². The van der Waals surface area contributed by atoms with E-state index in [1.807, 2.05) is 0 Å². The van der Waals surface area contributed by atoms with E-state index in [4.69, 9.17) is 5.73 Å². The first kappa shape index (κ1) is 14.6. The highest BCUT2D eigenvalue weighted by Crippen LogP contribution is 2.32. The SMILES string of the molecule is CC(c1ccccc1)C(CN)c1ccc(N(C)C)cc1. The zero-order valence-electron chi connectivity index (χ0n) is 12.6. The molecule has 2 aromatic rings. The lowest BCUT2D eigenvalue weighted by Gasteiger charge is -2.24. The van der Waals surface area contributed by atoms with Crippen molar-refractivity contribution >= 4 is 5.69 Å². The fourth-order valence-electron chi connectivity index (χ4n) is 2.64. The van der Waals surface area contributed by atoms with Crippen LogP contribution in [0.25, 0.3) is 0 Å². The van der Waals surface area contributed by atoms with Gasteiger partial charge >= 0.3 is 0 Å². The van der Waals surface area contributed by atoms with Crippen LogP contribution in [0.1, 0.15) is 29.9 Å². The number of benzene rings is 2. The minimum absolute atomic E-state index is 0.355. The molecule has 0 aliphatic rings. The van der Waals surface area contributed by atoms with Crippen molar-refractivity contribution in [2.75, 3.05) is 25.5 Å². The van der Waals surface area contributed by atoms with Crippen molar-refractivity contribution < 1.29 is 0 Å². The van der Waals surface area contributed by atoms with E-state index in [2.05, 4.69) is 80.5 Å². The Labute approximate surface area is 122 Å². The Morgan fingerprint density at radius 1 is 0.900 bits per heavy atom. The number of hydrogen-bond donors (Lipinski definition) is 1. The standard InChI is InChI=1S/C18H24N2/c1-14(15-7-5-4-6-8-15)18(13-19)16-9-11-17(12-10-16)20(2)3/h4-12,14,18H,13,19H2,1-3H3. The second-order valence-electron chi connectivity index (χ2n) is 5.53. The molecule has 2 nitrogen and oxygen atoms in total. The summed E-state index contributed by atoms with van der Waals surface area (Å²) in [5.41, 5.74) is 9.91. The van der Waals surface area contributed by atoms with Gasteiger partial charge in [-0.05, 0) is 35.7 Å². The molecule has 0 bridgehead atoms. The quantitative estimate of drug-likeness (QED) is 0.897. The van der Waals surface area contributed by atoms with E-state index in [1.165, 1.54) is 16.8 Å². The highest BCUT2D eigenvalue weighted by atomic mass is 15.1. The molecular formula is C18H24N2. The Kier molecular flexibility index (Phi) is 4.80.